The van der Waals surface area contributed by atoms with Crippen molar-refractivity contribution in [1.82, 2.24) is 5.32 Å². The Balaban J connectivity index is 1.94. The van der Waals surface area contributed by atoms with Crippen molar-refractivity contribution in [2.75, 3.05) is 37.1 Å². The Morgan fingerprint density at radius 1 is 1.00 bits per heavy atom. The normalized spacial score (nSPS) is 15.1. The minimum atomic E-state index is 0.407. The minimum absolute atomic E-state index is 0.407. The maximum Gasteiger partial charge on any atom is 0.0907 e. The summed E-state index contributed by atoms with van der Waals surface area (Å²) in [6, 6.07) is 19.9. The van der Waals surface area contributed by atoms with Crippen molar-refractivity contribution in [3.05, 3.63) is 60.2 Å². The molecular formula is C18H23N3. The highest BCUT2D eigenvalue weighted by Crippen LogP contribution is 2.40. The third-order valence-corrected chi connectivity index (χ3v) is 4.20. The van der Waals surface area contributed by atoms with Gasteiger partial charge in [-0.1, -0.05) is 42.5 Å². The molecule has 3 rings (SSSR count). The lowest BCUT2D eigenvalue weighted by Crippen LogP contribution is -2.33. The lowest BCUT2D eigenvalue weighted by atomic mass is 10.0. The number of hydrogen-bond donors (Lipinski definition) is 1. The number of fused-ring (bicyclic) bond motifs is 1. The SMILES string of the molecule is CNCCC(c1ccccc1)N1CN(C)c2ccccc21. The van der Waals surface area contributed by atoms with Crippen molar-refractivity contribution in [1.29, 1.82) is 0 Å². The second kappa shape index (κ2) is 6.19. The second-order valence-electron chi connectivity index (χ2n) is 5.62. The van der Waals surface area contributed by atoms with Crippen LogP contribution in [0.4, 0.5) is 11.4 Å². The van der Waals surface area contributed by atoms with Crippen LogP contribution in [0.1, 0.15) is 18.0 Å². The maximum atomic E-state index is 3.29. The molecule has 1 atom stereocenters. The van der Waals surface area contributed by atoms with Crippen LogP contribution in [0.2, 0.25) is 0 Å². The summed E-state index contributed by atoms with van der Waals surface area (Å²) in [4.78, 5) is 4.84. The van der Waals surface area contributed by atoms with Gasteiger partial charge in [-0.3, -0.25) is 0 Å². The summed E-state index contributed by atoms with van der Waals surface area (Å²) in [5.41, 5.74) is 4.05. The van der Waals surface area contributed by atoms with Crippen LogP contribution in [0.15, 0.2) is 54.6 Å². The molecule has 1 unspecified atom stereocenters. The van der Waals surface area contributed by atoms with Crippen molar-refractivity contribution in [2.45, 2.75) is 12.5 Å². The quantitative estimate of drug-likeness (QED) is 0.907. The molecule has 3 heteroatoms. The van der Waals surface area contributed by atoms with Gasteiger partial charge in [0.05, 0.1) is 24.1 Å². The van der Waals surface area contributed by atoms with E-state index in [2.05, 4.69) is 76.8 Å². The van der Waals surface area contributed by atoms with Gasteiger partial charge < -0.3 is 15.1 Å². The molecule has 0 amide bonds. The van der Waals surface area contributed by atoms with E-state index in [1.165, 1.54) is 16.9 Å². The molecule has 1 N–H and O–H groups in total. The Kier molecular flexibility index (Phi) is 4.11. The monoisotopic (exact) mass is 281 g/mol. The largest absolute Gasteiger partial charge is 0.355 e. The molecule has 2 aromatic carbocycles. The van der Waals surface area contributed by atoms with E-state index < -0.39 is 0 Å². The fourth-order valence-corrected chi connectivity index (χ4v) is 3.14. The van der Waals surface area contributed by atoms with Gasteiger partial charge in [0.25, 0.3) is 0 Å². The highest BCUT2D eigenvalue weighted by molar-refractivity contribution is 5.76. The zero-order valence-electron chi connectivity index (χ0n) is 12.8. The van der Waals surface area contributed by atoms with Crippen LogP contribution in [0.5, 0.6) is 0 Å². The zero-order valence-corrected chi connectivity index (χ0v) is 12.8. The molecule has 0 saturated carbocycles. The first-order valence-electron chi connectivity index (χ1n) is 7.57. The summed E-state index contributed by atoms with van der Waals surface area (Å²) >= 11 is 0. The molecule has 3 nitrogen and oxygen atoms in total. The summed E-state index contributed by atoms with van der Waals surface area (Å²) in [6.07, 6.45) is 1.10. The summed E-state index contributed by atoms with van der Waals surface area (Å²) in [6.45, 7) is 1.96. The molecule has 2 aromatic rings. The molecular weight excluding hydrogens is 258 g/mol. The van der Waals surface area contributed by atoms with E-state index in [1.54, 1.807) is 0 Å². The van der Waals surface area contributed by atoms with Crippen molar-refractivity contribution >= 4 is 11.4 Å². The van der Waals surface area contributed by atoms with Gasteiger partial charge in [0.15, 0.2) is 0 Å². The lowest BCUT2D eigenvalue weighted by molar-refractivity contribution is 0.567. The number of anilines is 2. The number of para-hydroxylation sites is 2. The lowest BCUT2D eigenvalue weighted by Gasteiger charge is -2.30. The van der Waals surface area contributed by atoms with Crippen LogP contribution in [-0.2, 0) is 0 Å². The molecule has 0 radical (unpaired) electrons. The molecule has 21 heavy (non-hydrogen) atoms. The van der Waals surface area contributed by atoms with E-state index in [-0.39, 0.29) is 0 Å². The van der Waals surface area contributed by atoms with E-state index in [1.807, 2.05) is 7.05 Å². The number of hydrogen-bond acceptors (Lipinski definition) is 3. The molecule has 110 valence electrons. The highest BCUT2D eigenvalue weighted by Gasteiger charge is 2.29. The predicted molar refractivity (Wildman–Crippen MR) is 89.9 cm³/mol. The summed E-state index contributed by atoms with van der Waals surface area (Å²) < 4.78 is 0. The average Bonchev–Trinajstić information content (AvgIpc) is 2.87. The number of nitrogens with one attached hydrogen (secondary N) is 1. The first kappa shape index (κ1) is 14.0. The zero-order chi connectivity index (χ0) is 14.7. The van der Waals surface area contributed by atoms with Crippen LogP contribution in [0.25, 0.3) is 0 Å². The molecule has 1 aliphatic rings. The van der Waals surface area contributed by atoms with Crippen molar-refractivity contribution in [3.8, 4) is 0 Å². The third-order valence-electron chi connectivity index (χ3n) is 4.20. The van der Waals surface area contributed by atoms with Gasteiger partial charge in [-0.15, -0.1) is 0 Å². The van der Waals surface area contributed by atoms with Gasteiger partial charge in [-0.2, -0.15) is 0 Å². The van der Waals surface area contributed by atoms with Crippen molar-refractivity contribution < 1.29 is 0 Å². The first-order chi connectivity index (χ1) is 10.3. The highest BCUT2D eigenvalue weighted by atomic mass is 15.4. The number of nitrogens with zero attached hydrogens (tertiary/aromatic N) is 2. The molecule has 1 aliphatic heterocycles. The molecule has 0 aliphatic carbocycles. The third kappa shape index (κ3) is 2.74. The van der Waals surface area contributed by atoms with Crippen LogP contribution >= 0.6 is 0 Å². The molecule has 1 heterocycles. The number of rotatable bonds is 5. The van der Waals surface area contributed by atoms with Crippen LogP contribution in [0.3, 0.4) is 0 Å². The Hall–Kier alpha value is -2.00. The Labute approximate surface area is 127 Å². The van der Waals surface area contributed by atoms with E-state index >= 15 is 0 Å². The van der Waals surface area contributed by atoms with Crippen LogP contribution in [-0.4, -0.2) is 27.3 Å². The molecule has 0 spiro atoms. The Bertz CT molecular complexity index is 582. The van der Waals surface area contributed by atoms with E-state index in [0.717, 1.165) is 19.6 Å². The standard InChI is InChI=1S/C18H23N3/c1-19-13-12-16(15-8-4-3-5-9-15)21-14-20(2)17-10-6-7-11-18(17)21/h3-11,16,19H,12-14H2,1-2H3. The second-order valence-corrected chi connectivity index (χ2v) is 5.62. The first-order valence-corrected chi connectivity index (χ1v) is 7.57. The average molecular weight is 281 g/mol. The molecule has 0 saturated heterocycles. The minimum Gasteiger partial charge on any atom is -0.355 e. The van der Waals surface area contributed by atoms with Crippen molar-refractivity contribution in [2.24, 2.45) is 0 Å². The predicted octanol–water partition coefficient (Wildman–Crippen LogP) is 3.25. The maximum absolute atomic E-state index is 3.29. The van der Waals surface area contributed by atoms with E-state index in [4.69, 9.17) is 0 Å². The van der Waals surface area contributed by atoms with Crippen LogP contribution < -0.4 is 15.1 Å². The smallest absolute Gasteiger partial charge is 0.0907 e. The van der Waals surface area contributed by atoms with Gasteiger partial charge in [-0.05, 0) is 37.7 Å². The molecule has 0 fully saturated rings. The summed E-state index contributed by atoms with van der Waals surface area (Å²) in [5.74, 6) is 0. The van der Waals surface area contributed by atoms with Gasteiger partial charge in [0, 0.05) is 7.05 Å². The number of benzene rings is 2. The van der Waals surface area contributed by atoms with Crippen LogP contribution in [0, 0.1) is 0 Å². The summed E-state index contributed by atoms with van der Waals surface area (Å²) in [5, 5.41) is 3.29. The Morgan fingerprint density at radius 2 is 1.67 bits per heavy atom. The topological polar surface area (TPSA) is 18.5 Å². The van der Waals surface area contributed by atoms with Gasteiger partial charge in [-0.25, -0.2) is 0 Å². The van der Waals surface area contributed by atoms with Gasteiger partial charge in [0.1, 0.15) is 0 Å². The van der Waals surface area contributed by atoms with Gasteiger partial charge >= 0.3 is 0 Å². The fourth-order valence-electron chi connectivity index (χ4n) is 3.14. The summed E-state index contributed by atoms with van der Waals surface area (Å²) in [7, 11) is 4.19. The molecule has 0 aromatic heterocycles. The fraction of sp³-hybridized carbons (Fsp3) is 0.333. The van der Waals surface area contributed by atoms with Gasteiger partial charge in [0.2, 0.25) is 0 Å². The van der Waals surface area contributed by atoms with E-state index in [9.17, 15) is 0 Å². The molecule has 0 bridgehead atoms. The van der Waals surface area contributed by atoms with E-state index in [0.29, 0.717) is 6.04 Å². The van der Waals surface area contributed by atoms with Crippen molar-refractivity contribution in [3.63, 3.8) is 0 Å². The Morgan fingerprint density at radius 3 is 2.38 bits per heavy atom.